The third kappa shape index (κ3) is 4.09. The molecule has 1 aliphatic heterocycles. The minimum absolute atomic E-state index is 0.221. The Hall–Kier alpha value is -2.60. The molecule has 3 rings (SSSR count). The number of rotatable bonds is 6. The molecule has 2 aromatic carbocycles. The second-order valence-corrected chi connectivity index (χ2v) is 6.20. The number of para-hydroxylation sites is 3. The first-order chi connectivity index (χ1) is 12.2. The molecule has 0 amide bonds. The number of nitro benzene ring substituents is 1. The van der Waals surface area contributed by atoms with Gasteiger partial charge in [-0.05, 0) is 25.1 Å². The Bertz CT molecular complexity index is 727. The molecule has 0 radical (unpaired) electrons. The number of anilines is 1. The van der Waals surface area contributed by atoms with Crippen molar-refractivity contribution in [1.82, 2.24) is 0 Å². The van der Waals surface area contributed by atoms with E-state index in [2.05, 4.69) is 11.0 Å². The zero-order valence-corrected chi connectivity index (χ0v) is 14.5. The van der Waals surface area contributed by atoms with Crippen molar-refractivity contribution in [3.8, 4) is 5.75 Å². The standard InChI is InChI=1S/C19H23N3O3/c1-2-25-19-10-6-5-9-18(19)21-13-11-20(12-14-21)15-16-7-3-4-8-17(16)22(23)24/h3-10H,2,11-15H2,1H3/p+1. The van der Waals surface area contributed by atoms with E-state index < -0.39 is 0 Å². The summed E-state index contributed by atoms with van der Waals surface area (Å²) in [4.78, 5) is 14.6. The Kier molecular flexibility index (Phi) is 5.50. The predicted octanol–water partition coefficient (Wildman–Crippen LogP) is 1.90. The summed E-state index contributed by atoms with van der Waals surface area (Å²) in [7, 11) is 0. The summed E-state index contributed by atoms with van der Waals surface area (Å²) in [5, 5.41) is 11.2. The van der Waals surface area contributed by atoms with E-state index in [1.807, 2.05) is 37.3 Å². The van der Waals surface area contributed by atoms with E-state index in [-0.39, 0.29) is 10.6 Å². The highest BCUT2D eigenvalue weighted by atomic mass is 16.6. The van der Waals surface area contributed by atoms with E-state index in [0.29, 0.717) is 13.2 Å². The van der Waals surface area contributed by atoms with Crippen LogP contribution in [0.15, 0.2) is 48.5 Å². The maximum atomic E-state index is 11.2. The number of benzene rings is 2. The van der Waals surface area contributed by atoms with Gasteiger partial charge in [0.15, 0.2) is 0 Å². The summed E-state index contributed by atoms with van der Waals surface area (Å²) in [6, 6.07) is 15.2. The molecule has 0 unspecified atom stereocenters. The number of ether oxygens (including phenoxy) is 1. The lowest BCUT2D eigenvalue weighted by Gasteiger charge is -2.34. The van der Waals surface area contributed by atoms with E-state index >= 15 is 0 Å². The zero-order chi connectivity index (χ0) is 17.6. The number of hydrogen-bond donors (Lipinski definition) is 1. The van der Waals surface area contributed by atoms with Gasteiger partial charge in [-0.2, -0.15) is 0 Å². The van der Waals surface area contributed by atoms with Crippen molar-refractivity contribution in [2.24, 2.45) is 0 Å². The van der Waals surface area contributed by atoms with E-state index in [9.17, 15) is 10.1 Å². The number of nitro groups is 1. The minimum atomic E-state index is -0.288. The van der Waals surface area contributed by atoms with Gasteiger partial charge in [0.1, 0.15) is 12.3 Å². The SMILES string of the molecule is CCOc1ccccc1N1CC[NH+](Cc2ccccc2[N+](=O)[O-])CC1. The average Bonchev–Trinajstić information content (AvgIpc) is 2.63. The molecule has 6 heteroatoms. The Morgan fingerprint density at radius 2 is 1.80 bits per heavy atom. The van der Waals surface area contributed by atoms with Gasteiger partial charge in [0.05, 0.1) is 49.0 Å². The van der Waals surface area contributed by atoms with E-state index in [0.717, 1.165) is 43.2 Å². The van der Waals surface area contributed by atoms with Crippen molar-refractivity contribution in [2.45, 2.75) is 13.5 Å². The minimum Gasteiger partial charge on any atom is -0.492 e. The van der Waals surface area contributed by atoms with Crippen LogP contribution in [-0.2, 0) is 6.54 Å². The van der Waals surface area contributed by atoms with Crippen LogP contribution in [-0.4, -0.2) is 37.7 Å². The number of hydrogen-bond acceptors (Lipinski definition) is 4. The van der Waals surface area contributed by atoms with Crippen LogP contribution in [0, 0.1) is 10.1 Å². The summed E-state index contributed by atoms with van der Waals surface area (Å²) in [6.07, 6.45) is 0. The molecule has 1 N–H and O–H groups in total. The van der Waals surface area contributed by atoms with Gasteiger partial charge in [-0.1, -0.05) is 24.3 Å². The molecule has 6 nitrogen and oxygen atoms in total. The van der Waals surface area contributed by atoms with Gasteiger partial charge in [0.25, 0.3) is 5.69 Å². The summed E-state index contributed by atoms with van der Waals surface area (Å²) in [5.41, 5.74) is 2.17. The van der Waals surface area contributed by atoms with Crippen molar-refractivity contribution in [3.63, 3.8) is 0 Å². The summed E-state index contributed by atoms with van der Waals surface area (Å²) >= 11 is 0. The first kappa shape index (κ1) is 17.2. The Morgan fingerprint density at radius 3 is 2.52 bits per heavy atom. The van der Waals surface area contributed by atoms with Crippen molar-refractivity contribution in [1.29, 1.82) is 0 Å². The average molecular weight is 342 g/mol. The largest absolute Gasteiger partial charge is 0.492 e. The number of piperazine rings is 1. The molecule has 25 heavy (non-hydrogen) atoms. The van der Waals surface area contributed by atoms with Gasteiger partial charge in [0.2, 0.25) is 0 Å². The first-order valence-electron chi connectivity index (χ1n) is 8.71. The van der Waals surface area contributed by atoms with E-state index in [1.54, 1.807) is 12.1 Å². The molecule has 0 aliphatic carbocycles. The van der Waals surface area contributed by atoms with Gasteiger partial charge in [-0.3, -0.25) is 10.1 Å². The molecule has 0 spiro atoms. The molecule has 1 heterocycles. The predicted molar refractivity (Wildman–Crippen MR) is 97.3 cm³/mol. The molecule has 0 bridgehead atoms. The summed E-state index contributed by atoms with van der Waals surface area (Å²) in [6.45, 7) is 7.07. The molecule has 132 valence electrons. The zero-order valence-electron chi connectivity index (χ0n) is 14.5. The van der Waals surface area contributed by atoms with Crippen LogP contribution in [0.1, 0.15) is 12.5 Å². The molecule has 2 aromatic rings. The number of nitrogens with zero attached hydrogens (tertiary/aromatic N) is 2. The molecule has 1 fully saturated rings. The van der Waals surface area contributed by atoms with Crippen molar-refractivity contribution < 1.29 is 14.6 Å². The second kappa shape index (κ2) is 7.98. The number of nitrogens with one attached hydrogen (secondary N) is 1. The monoisotopic (exact) mass is 342 g/mol. The van der Waals surface area contributed by atoms with Gasteiger partial charge in [-0.15, -0.1) is 0 Å². The molecular weight excluding hydrogens is 318 g/mol. The maximum Gasteiger partial charge on any atom is 0.278 e. The van der Waals surface area contributed by atoms with Crippen LogP contribution < -0.4 is 14.5 Å². The third-order valence-corrected chi connectivity index (χ3v) is 4.61. The molecular formula is C19H24N3O3+. The van der Waals surface area contributed by atoms with Gasteiger partial charge < -0.3 is 14.5 Å². The fourth-order valence-corrected chi connectivity index (χ4v) is 3.34. The Labute approximate surface area is 147 Å². The van der Waals surface area contributed by atoms with Gasteiger partial charge in [0, 0.05) is 6.07 Å². The Morgan fingerprint density at radius 1 is 1.12 bits per heavy atom. The molecule has 1 aliphatic rings. The highest BCUT2D eigenvalue weighted by Gasteiger charge is 2.24. The van der Waals surface area contributed by atoms with Crippen molar-refractivity contribution >= 4 is 11.4 Å². The van der Waals surface area contributed by atoms with Crippen LogP contribution in [0.2, 0.25) is 0 Å². The number of quaternary nitrogens is 1. The van der Waals surface area contributed by atoms with Crippen LogP contribution in [0.25, 0.3) is 0 Å². The quantitative estimate of drug-likeness (QED) is 0.643. The second-order valence-electron chi connectivity index (χ2n) is 6.20. The van der Waals surface area contributed by atoms with Crippen LogP contribution in [0.4, 0.5) is 11.4 Å². The van der Waals surface area contributed by atoms with Crippen LogP contribution in [0.3, 0.4) is 0 Å². The maximum absolute atomic E-state index is 11.2. The van der Waals surface area contributed by atoms with Crippen LogP contribution in [0.5, 0.6) is 5.75 Å². The van der Waals surface area contributed by atoms with E-state index in [4.69, 9.17) is 4.74 Å². The summed E-state index contributed by atoms with van der Waals surface area (Å²) < 4.78 is 5.73. The summed E-state index contributed by atoms with van der Waals surface area (Å²) in [5.74, 6) is 0.923. The topological polar surface area (TPSA) is 60.0 Å². The normalized spacial score (nSPS) is 15.2. The lowest BCUT2D eigenvalue weighted by atomic mass is 10.1. The Balaban J connectivity index is 1.64. The molecule has 1 saturated heterocycles. The molecule has 0 saturated carbocycles. The first-order valence-corrected chi connectivity index (χ1v) is 8.71. The molecule has 0 atom stereocenters. The van der Waals surface area contributed by atoms with Crippen LogP contribution >= 0.6 is 0 Å². The van der Waals surface area contributed by atoms with E-state index in [1.165, 1.54) is 4.90 Å². The molecule has 0 aromatic heterocycles. The highest BCUT2D eigenvalue weighted by Crippen LogP contribution is 2.27. The lowest BCUT2D eigenvalue weighted by Crippen LogP contribution is -3.13. The fraction of sp³-hybridized carbons (Fsp3) is 0.368. The van der Waals surface area contributed by atoms with Crippen molar-refractivity contribution in [3.05, 3.63) is 64.2 Å². The lowest BCUT2D eigenvalue weighted by molar-refractivity contribution is -0.914. The third-order valence-electron chi connectivity index (χ3n) is 4.61. The highest BCUT2D eigenvalue weighted by molar-refractivity contribution is 5.58. The van der Waals surface area contributed by atoms with Crippen molar-refractivity contribution in [2.75, 3.05) is 37.7 Å². The van der Waals surface area contributed by atoms with Gasteiger partial charge >= 0.3 is 0 Å². The van der Waals surface area contributed by atoms with Gasteiger partial charge in [-0.25, -0.2) is 0 Å². The fourth-order valence-electron chi connectivity index (χ4n) is 3.34. The smallest absolute Gasteiger partial charge is 0.278 e.